The van der Waals surface area contributed by atoms with Crippen molar-refractivity contribution in [2.75, 3.05) is 0 Å². The van der Waals surface area contributed by atoms with Crippen LogP contribution in [0.3, 0.4) is 0 Å². The van der Waals surface area contributed by atoms with Crippen LogP contribution >= 0.6 is 11.3 Å². The standard InChI is InChI=1S/C21H26N4O3S2/c1-12(2)25-30(27,28)11-17-9-7-6-8-16(17)10-22-20(26)19-13(3)18-14(4)23-15(5)24-21(18)29-19/h6-9,12,25H,10-11H2,1-5H3,(H,22,26). The Morgan fingerprint density at radius 2 is 1.77 bits per heavy atom. The maximum absolute atomic E-state index is 12.9. The number of carbonyl (C=O) groups is 1. The van der Waals surface area contributed by atoms with E-state index in [4.69, 9.17) is 0 Å². The fourth-order valence-electron chi connectivity index (χ4n) is 3.42. The lowest BCUT2D eigenvalue weighted by Gasteiger charge is -2.13. The van der Waals surface area contributed by atoms with Crippen LogP contribution in [0, 0.1) is 20.8 Å². The summed E-state index contributed by atoms with van der Waals surface area (Å²) in [5.74, 6) is 0.344. The molecule has 0 aliphatic rings. The van der Waals surface area contributed by atoms with Gasteiger partial charge in [0.15, 0.2) is 0 Å². The lowest BCUT2D eigenvalue weighted by molar-refractivity contribution is 0.0954. The average Bonchev–Trinajstić information content (AvgIpc) is 2.96. The average molecular weight is 447 g/mol. The van der Waals surface area contributed by atoms with E-state index >= 15 is 0 Å². The number of hydrogen-bond acceptors (Lipinski definition) is 6. The smallest absolute Gasteiger partial charge is 0.261 e. The van der Waals surface area contributed by atoms with Gasteiger partial charge in [-0.2, -0.15) is 0 Å². The van der Waals surface area contributed by atoms with Crippen molar-refractivity contribution in [3.05, 3.63) is 57.4 Å². The summed E-state index contributed by atoms with van der Waals surface area (Å²) >= 11 is 1.35. The molecule has 2 aromatic heterocycles. The predicted octanol–water partition coefficient (Wildman–Crippen LogP) is 3.37. The molecular weight excluding hydrogens is 420 g/mol. The van der Waals surface area contributed by atoms with Crippen molar-refractivity contribution in [1.29, 1.82) is 0 Å². The van der Waals surface area contributed by atoms with E-state index < -0.39 is 10.0 Å². The number of sulfonamides is 1. The van der Waals surface area contributed by atoms with Crippen molar-refractivity contribution in [2.45, 2.75) is 53.0 Å². The van der Waals surface area contributed by atoms with Crippen molar-refractivity contribution in [3.8, 4) is 0 Å². The van der Waals surface area contributed by atoms with Crippen LogP contribution in [0.15, 0.2) is 24.3 Å². The molecule has 0 aliphatic heterocycles. The van der Waals surface area contributed by atoms with E-state index in [0.29, 0.717) is 16.3 Å². The van der Waals surface area contributed by atoms with Gasteiger partial charge in [0.25, 0.3) is 5.91 Å². The number of nitrogens with one attached hydrogen (secondary N) is 2. The molecule has 0 atom stereocenters. The molecule has 0 spiro atoms. The Morgan fingerprint density at radius 1 is 1.10 bits per heavy atom. The fourth-order valence-corrected chi connectivity index (χ4v) is 6.11. The summed E-state index contributed by atoms with van der Waals surface area (Å²) in [6.07, 6.45) is 0. The fraction of sp³-hybridized carbons (Fsp3) is 0.381. The lowest BCUT2D eigenvalue weighted by Crippen LogP contribution is -2.31. The maximum Gasteiger partial charge on any atom is 0.261 e. The Balaban J connectivity index is 1.80. The van der Waals surface area contributed by atoms with Crippen LogP contribution in [0.2, 0.25) is 0 Å². The van der Waals surface area contributed by atoms with Crippen molar-refractivity contribution in [3.63, 3.8) is 0 Å². The van der Waals surface area contributed by atoms with E-state index in [1.54, 1.807) is 26.0 Å². The summed E-state index contributed by atoms with van der Waals surface area (Å²) in [6.45, 7) is 9.46. The number of thiophene rings is 1. The van der Waals surface area contributed by atoms with Crippen LogP contribution < -0.4 is 10.0 Å². The van der Waals surface area contributed by atoms with Crippen molar-refractivity contribution < 1.29 is 13.2 Å². The van der Waals surface area contributed by atoms with Gasteiger partial charge in [0, 0.05) is 23.7 Å². The number of nitrogens with zero attached hydrogens (tertiary/aromatic N) is 2. The summed E-state index contributed by atoms with van der Waals surface area (Å²) in [5.41, 5.74) is 3.16. The molecule has 2 heterocycles. The van der Waals surface area contributed by atoms with Gasteiger partial charge in [0.1, 0.15) is 10.7 Å². The Bertz CT molecular complexity index is 1200. The predicted molar refractivity (Wildman–Crippen MR) is 120 cm³/mol. The molecule has 1 amide bonds. The number of amides is 1. The molecule has 1 aromatic carbocycles. The SMILES string of the molecule is Cc1nc(C)c2c(C)c(C(=O)NCc3ccccc3CS(=O)(=O)NC(C)C)sc2n1. The molecule has 0 radical (unpaired) electrons. The first kappa shape index (κ1) is 22.3. The molecule has 3 rings (SSSR count). The molecule has 0 saturated heterocycles. The summed E-state index contributed by atoms with van der Waals surface area (Å²) in [6, 6.07) is 7.06. The Labute approximate surface area is 181 Å². The number of rotatable bonds is 7. The Kier molecular flexibility index (Phi) is 6.54. The van der Waals surface area contributed by atoms with Crippen molar-refractivity contribution in [2.24, 2.45) is 0 Å². The molecule has 30 heavy (non-hydrogen) atoms. The van der Waals surface area contributed by atoms with E-state index in [1.165, 1.54) is 11.3 Å². The molecule has 2 N–H and O–H groups in total. The number of aryl methyl sites for hydroxylation is 3. The van der Waals surface area contributed by atoms with E-state index in [9.17, 15) is 13.2 Å². The number of fused-ring (bicyclic) bond motifs is 1. The van der Waals surface area contributed by atoms with E-state index in [2.05, 4.69) is 20.0 Å². The summed E-state index contributed by atoms with van der Waals surface area (Å²) in [7, 11) is -3.46. The lowest BCUT2D eigenvalue weighted by atomic mass is 10.1. The Morgan fingerprint density at radius 3 is 2.43 bits per heavy atom. The third kappa shape index (κ3) is 5.03. The van der Waals surface area contributed by atoms with Crippen molar-refractivity contribution >= 4 is 37.5 Å². The number of benzene rings is 1. The van der Waals surface area contributed by atoms with Gasteiger partial charge in [-0.1, -0.05) is 24.3 Å². The monoisotopic (exact) mass is 446 g/mol. The maximum atomic E-state index is 12.9. The number of aromatic nitrogens is 2. The highest BCUT2D eigenvalue weighted by Gasteiger charge is 2.20. The second-order valence-corrected chi connectivity index (χ2v) is 10.3. The van der Waals surface area contributed by atoms with Crippen LogP contribution in [0.1, 0.15) is 51.7 Å². The summed E-state index contributed by atoms with van der Waals surface area (Å²) in [4.78, 5) is 23.1. The zero-order valence-electron chi connectivity index (χ0n) is 17.7. The van der Waals surface area contributed by atoms with Gasteiger partial charge >= 0.3 is 0 Å². The van der Waals surface area contributed by atoms with E-state index in [0.717, 1.165) is 27.0 Å². The minimum absolute atomic E-state index is 0.132. The van der Waals surface area contributed by atoms with Gasteiger partial charge < -0.3 is 5.32 Å². The van der Waals surface area contributed by atoms with Gasteiger partial charge in [-0.05, 0) is 51.3 Å². The third-order valence-electron chi connectivity index (χ3n) is 4.61. The highest BCUT2D eigenvalue weighted by Crippen LogP contribution is 2.31. The normalized spacial score (nSPS) is 11.9. The quantitative estimate of drug-likeness (QED) is 0.579. The number of hydrogen-bond donors (Lipinski definition) is 2. The third-order valence-corrected chi connectivity index (χ3v) is 7.31. The minimum Gasteiger partial charge on any atom is -0.347 e. The van der Waals surface area contributed by atoms with Crippen LogP contribution in [0.5, 0.6) is 0 Å². The van der Waals surface area contributed by atoms with Crippen LogP contribution in [-0.2, 0) is 22.3 Å². The summed E-state index contributed by atoms with van der Waals surface area (Å²) < 4.78 is 27.2. The van der Waals surface area contributed by atoms with E-state index in [1.807, 2.05) is 32.9 Å². The van der Waals surface area contributed by atoms with Gasteiger partial charge in [-0.3, -0.25) is 4.79 Å². The molecule has 0 bridgehead atoms. The summed E-state index contributed by atoms with van der Waals surface area (Å²) in [5, 5.41) is 3.84. The molecule has 0 aliphatic carbocycles. The highest BCUT2D eigenvalue weighted by atomic mass is 32.2. The zero-order chi connectivity index (χ0) is 22.1. The van der Waals surface area contributed by atoms with Gasteiger partial charge in [0.2, 0.25) is 10.0 Å². The minimum atomic E-state index is -3.46. The molecule has 0 unspecified atom stereocenters. The topological polar surface area (TPSA) is 101 Å². The molecule has 160 valence electrons. The highest BCUT2D eigenvalue weighted by molar-refractivity contribution is 7.88. The first-order valence-corrected chi connectivity index (χ1v) is 12.1. The van der Waals surface area contributed by atoms with Gasteiger partial charge in [0.05, 0.1) is 10.6 Å². The van der Waals surface area contributed by atoms with Crippen LogP contribution in [0.4, 0.5) is 0 Å². The molecule has 3 aromatic rings. The second-order valence-electron chi connectivity index (χ2n) is 7.58. The number of carbonyl (C=O) groups excluding carboxylic acids is 1. The van der Waals surface area contributed by atoms with Crippen LogP contribution in [0.25, 0.3) is 10.2 Å². The molecule has 7 nitrogen and oxygen atoms in total. The van der Waals surface area contributed by atoms with Gasteiger partial charge in [-0.15, -0.1) is 11.3 Å². The first-order valence-electron chi connectivity index (χ1n) is 9.66. The van der Waals surface area contributed by atoms with Crippen molar-refractivity contribution in [1.82, 2.24) is 20.0 Å². The van der Waals surface area contributed by atoms with Gasteiger partial charge in [-0.25, -0.2) is 23.1 Å². The zero-order valence-corrected chi connectivity index (χ0v) is 19.4. The second kappa shape index (κ2) is 8.79. The molecule has 0 fully saturated rings. The van der Waals surface area contributed by atoms with E-state index in [-0.39, 0.29) is 24.2 Å². The molecular formula is C21H26N4O3S2. The Hall–Kier alpha value is -2.36. The first-order chi connectivity index (χ1) is 14.1. The molecule has 0 saturated carbocycles. The molecule has 9 heteroatoms. The largest absolute Gasteiger partial charge is 0.347 e. The van der Waals surface area contributed by atoms with Crippen LogP contribution in [-0.4, -0.2) is 30.3 Å².